The van der Waals surface area contributed by atoms with Crippen LogP contribution in [0, 0.1) is 0 Å². The molecule has 1 amide bonds. The summed E-state index contributed by atoms with van der Waals surface area (Å²) < 4.78 is 8.10. The number of halogens is 2. The zero-order valence-electron chi connectivity index (χ0n) is 24.0. The van der Waals surface area contributed by atoms with E-state index < -0.39 is 5.91 Å². The minimum Gasteiger partial charge on any atom is -0.492 e. The highest BCUT2D eigenvalue weighted by molar-refractivity contribution is 6.40. The van der Waals surface area contributed by atoms with Gasteiger partial charge in [0.1, 0.15) is 11.6 Å². The molecule has 5 rings (SSSR count). The first-order valence-electron chi connectivity index (χ1n) is 14.1. The molecule has 0 fully saturated rings. The summed E-state index contributed by atoms with van der Waals surface area (Å²) in [6.45, 7) is 5.99. The second kappa shape index (κ2) is 13.9. The number of amides is 1. The van der Waals surface area contributed by atoms with E-state index in [0.717, 1.165) is 65.0 Å². The number of pyridine rings is 1. The number of nitrogens with zero attached hydrogens (tertiary/aromatic N) is 4. The molecule has 1 aliphatic rings. The number of nitrogens with two attached hydrogens (primary N) is 1. The minimum atomic E-state index is -0.434. The van der Waals surface area contributed by atoms with E-state index in [2.05, 4.69) is 46.6 Å². The van der Waals surface area contributed by atoms with Gasteiger partial charge in [0.2, 0.25) is 0 Å². The summed E-state index contributed by atoms with van der Waals surface area (Å²) in [6, 6.07) is 20.3. The predicted molar refractivity (Wildman–Crippen MR) is 171 cm³/mol. The van der Waals surface area contributed by atoms with Crippen molar-refractivity contribution in [3.05, 3.63) is 124 Å². The molecule has 0 saturated heterocycles. The van der Waals surface area contributed by atoms with Gasteiger partial charge in [0.15, 0.2) is 0 Å². The van der Waals surface area contributed by atoms with Crippen LogP contribution in [0.5, 0.6) is 5.75 Å². The van der Waals surface area contributed by atoms with Gasteiger partial charge in [0.05, 0.1) is 45.0 Å². The molecule has 2 aromatic carbocycles. The lowest BCUT2D eigenvalue weighted by atomic mass is 10.0. The molecule has 0 bridgehead atoms. The monoisotopic (exact) mass is 616 g/mol. The summed E-state index contributed by atoms with van der Waals surface area (Å²) in [5.41, 5.74) is 10.7. The summed E-state index contributed by atoms with van der Waals surface area (Å²) in [4.78, 5) is 25.0. The highest BCUT2D eigenvalue weighted by atomic mass is 35.5. The smallest absolute Gasteiger partial charge is 0.254 e. The largest absolute Gasteiger partial charge is 0.492 e. The molecule has 8 nitrogen and oxygen atoms in total. The summed E-state index contributed by atoms with van der Waals surface area (Å²) >= 11 is 12.3. The van der Waals surface area contributed by atoms with Gasteiger partial charge >= 0.3 is 0 Å². The minimum absolute atomic E-state index is 0.0535. The lowest BCUT2D eigenvalue weighted by Gasteiger charge is -2.35. The summed E-state index contributed by atoms with van der Waals surface area (Å²) in [5, 5.41) is 3.07. The molecule has 1 aliphatic heterocycles. The van der Waals surface area contributed by atoms with Crippen molar-refractivity contribution in [3.63, 3.8) is 0 Å². The first-order chi connectivity index (χ1) is 20.9. The van der Waals surface area contributed by atoms with Crippen LogP contribution in [0.1, 0.15) is 35.1 Å². The SMILES string of the molecule is C=C/C(Cl)=C(C(=O)NCc1cccc(CN(CCc2nc3ccccc3n2C)C2CCOc3cccnc32)c1)\C(Cl)=C/N. The van der Waals surface area contributed by atoms with Gasteiger partial charge < -0.3 is 20.4 Å². The number of hydrogen-bond donors (Lipinski definition) is 2. The predicted octanol–water partition coefficient (Wildman–Crippen LogP) is 5.87. The molecule has 222 valence electrons. The van der Waals surface area contributed by atoms with E-state index in [4.69, 9.17) is 43.6 Å². The number of aromatic nitrogens is 3. The Hall–Kier alpha value is -4.11. The Kier molecular flexibility index (Phi) is 9.82. The number of carbonyl (C=O) groups excluding carboxylic acids is 1. The molecule has 1 atom stereocenters. The van der Waals surface area contributed by atoms with Crippen LogP contribution in [0.3, 0.4) is 0 Å². The molecule has 4 aromatic rings. The lowest BCUT2D eigenvalue weighted by Crippen LogP contribution is -2.34. The third-order valence-electron chi connectivity index (χ3n) is 7.57. The van der Waals surface area contributed by atoms with E-state index in [1.807, 2.05) is 48.7 Å². The van der Waals surface area contributed by atoms with Gasteiger partial charge in [0, 0.05) is 51.9 Å². The van der Waals surface area contributed by atoms with Crippen LogP contribution in [0.25, 0.3) is 11.0 Å². The topological polar surface area (TPSA) is 98.3 Å². The van der Waals surface area contributed by atoms with Crippen LogP contribution in [-0.2, 0) is 31.4 Å². The number of hydrogen-bond acceptors (Lipinski definition) is 6. The number of para-hydroxylation sites is 2. The van der Waals surface area contributed by atoms with Crippen molar-refractivity contribution in [2.75, 3.05) is 13.2 Å². The summed E-state index contributed by atoms with van der Waals surface area (Å²) in [7, 11) is 2.07. The number of benzene rings is 2. The number of allylic oxidation sites excluding steroid dienone is 2. The highest BCUT2D eigenvalue weighted by Gasteiger charge is 2.29. The second-order valence-corrected chi connectivity index (χ2v) is 11.1. The standard InChI is InChI=1S/C33H34Cl2N6O2/c1-3-24(34)31(25(35)19-36)33(42)38-20-22-8-6-9-23(18-22)21-41(28-14-17-43-29-12-7-15-37-32(28)29)16-13-30-39-26-10-4-5-11-27(26)40(30)2/h3-12,15,18-19,28H,1,13-14,16-17,20-21,36H2,2H3,(H,38,42)/b25-19+,31-24-. The van der Waals surface area contributed by atoms with Crippen LogP contribution < -0.4 is 15.8 Å². The Morgan fingerprint density at radius 3 is 2.79 bits per heavy atom. The molecule has 0 aliphatic carbocycles. The van der Waals surface area contributed by atoms with Crippen molar-refractivity contribution in [2.24, 2.45) is 12.8 Å². The van der Waals surface area contributed by atoms with Crippen molar-refractivity contribution in [1.29, 1.82) is 0 Å². The van der Waals surface area contributed by atoms with Crippen molar-refractivity contribution >= 4 is 40.1 Å². The molecule has 0 saturated carbocycles. The third-order valence-corrected chi connectivity index (χ3v) is 8.23. The Balaban J connectivity index is 1.37. The van der Waals surface area contributed by atoms with Crippen LogP contribution in [-0.4, -0.2) is 38.5 Å². The van der Waals surface area contributed by atoms with E-state index in [9.17, 15) is 4.79 Å². The first kappa shape index (κ1) is 30.4. The maximum atomic E-state index is 12.9. The average Bonchev–Trinajstić information content (AvgIpc) is 3.36. The molecule has 0 radical (unpaired) electrons. The fourth-order valence-electron chi connectivity index (χ4n) is 5.42. The molecule has 1 unspecified atom stereocenters. The van der Waals surface area contributed by atoms with Gasteiger partial charge in [-0.05, 0) is 41.5 Å². The zero-order chi connectivity index (χ0) is 30.3. The molecule has 3 N–H and O–H groups in total. The van der Waals surface area contributed by atoms with E-state index in [1.54, 1.807) is 0 Å². The van der Waals surface area contributed by atoms with E-state index in [0.29, 0.717) is 13.2 Å². The molecular weight excluding hydrogens is 583 g/mol. The first-order valence-corrected chi connectivity index (χ1v) is 14.8. The van der Waals surface area contributed by atoms with Crippen molar-refractivity contribution in [1.82, 2.24) is 24.8 Å². The van der Waals surface area contributed by atoms with Gasteiger partial charge in [-0.25, -0.2) is 4.98 Å². The van der Waals surface area contributed by atoms with Gasteiger partial charge in [-0.15, -0.1) is 0 Å². The fraction of sp³-hybridized carbons (Fsp3) is 0.242. The van der Waals surface area contributed by atoms with Crippen LogP contribution in [0.2, 0.25) is 0 Å². The quantitative estimate of drug-likeness (QED) is 0.161. The van der Waals surface area contributed by atoms with E-state index in [-0.39, 0.29) is 28.2 Å². The molecule has 2 aromatic heterocycles. The van der Waals surface area contributed by atoms with Crippen LogP contribution in [0.15, 0.2) is 101 Å². The van der Waals surface area contributed by atoms with E-state index in [1.165, 1.54) is 6.08 Å². The molecule has 0 spiro atoms. The molecule has 10 heteroatoms. The average molecular weight is 618 g/mol. The van der Waals surface area contributed by atoms with Crippen molar-refractivity contribution < 1.29 is 9.53 Å². The van der Waals surface area contributed by atoms with Gasteiger partial charge in [-0.1, -0.05) is 66.2 Å². The van der Waals surface area contributed by atoms with E-state index >= 15 is 0 Å². The maximum Gasteiger partial charge on any atom is 0.254 e. The highest BCUT2D eigenvalue weighted by Crippen LogP contribution is 2.35. The fourth-order valence-corrected chi connectivity index (χ4v) is 5.84. The van der Waals surface area contributed by atoms with Crippen molar-refractivity contribution in [3.8, 4) is 5.75 Å². The Labute approximate surface area is 261 Å². The molecular formula is C33H34Cl2N6O2. The van der Waals surface area contributed by atoms with Gasteiger partial charge in [-0.3, -0.25) is 14.7 Å². The number of imidazole rings is 1. The normalized spacial score (nSPS) is 15.5. The number of nitrogens with one attached hydrogen (secondary N) is 1. The zero-order valence-corrected chi connectivity index (χ0v) is 25.5. The Morgan fingerprint density at radius 1 is 1.19 bits per heavy atom. The van der Waals surface area contributed by atoms with Gasteiger partial charge in [-0.2, -0.15) is 0 Å². The Bertz CT molecular complexity index is 1700. The summed E-state index contributed by atoms with van der Waals surface area (Å²) in [6.07, 6.45) is 5.91. The number of rotatable bonds is 11. The van der Waals surface area contributed by atoms with Crippen molar-refractivity contribution in [2.45, 2.75) is 32.0 Å². The number of ether oxygens (including phenoxy) is 1. The lowest BCUT2D eigenvalue weighted by molar-refractivity contribution is -0.117. The van der Waals surface area contributed by atoms with Crippen LogP contribution in [0.4, 0.5) is 0 Å². The Morgan fingerprint density at radius 2 is 2.00 bits per heavy atom. The van der Waals surface area contributed by atoms with Crippen LogP contribution >= 0.6 is 23.2 Å². The molecule has 3 heterocycles. The third kappa shape index (κ3) is 6.94. The number of fused-ring (bicyclic) bond motifs is 2. The van der Waals surface area contributed by atoms with Gasteiger partial charge in [0.25, 0.3) is 5.91 Å². The number of aryl methyl sites for hydroxylation is 1. The molecule has 43 heavy (non-hydrogen) atoms. The number of carbonyl (C=O) groups is 1. The summed E-state index contributed by atoms with van der Waals surface area (Å²) in [5.74, 6) is 1.43. The maximum absolute atomic E-state index is 12.9. The second-order valence-electron chi connectivity index (χ2n) is 10.3.